The van der Waals surface area contributed by atoms with E-state index in [1.54, 1.807) is 13.8 Å². The van der Waals surface area contributed by atoms with Gasteiger partial charge in [0, 0.05) is 11.1 Å². The molecular weight excluding hydrogens is 488 g/mol. The van der Waals surface area contributed by atoms with Crippen LogP contribution in [0, 0.1) is 0 Å². The maximum atomic E-state index is 12.5. The third-order valence-corrected chi connectivity index (χ3v) is 9.51. The lowest BCUT2D eigenvalue weighted by Crippen LogP contribution is -2.19. The number of cyclic esters (lactones) is 2. The van der Waals surface area contributed by atoms with Crippen LogP contribution in [-0.2, 0) is 38.0 Å². The highest BCUT2D eigenvalue weighted by atomic mass is 16.6. The van der Waals surface area contributed by atoms with Gasteiger partial charge in [0.25, 0.3) is 0 Å². The van der Waals surface area contributed by atoms with Gasteiger partial charge in [-0.25, -0.2) is 9.59 Å². The van der Waals surface area contributed by atoms with E-state index in [0.717, 1.165) is 51.4 Å². The zero-order chi connectivity index (χ0) is 27.3. The van der Waals surface area contributed by atoms with Crippen molar-refractivity contribution in [2.75, 3.05) is 13.2 Å². The van der Waals surface area contributed by atoms with Crippen LogP contribution in [0.25, 0.3) is 0 Å². The van der Waals surface area contributed by atoms with Gasteiger partial charge in [-0.15, -0.1) is 0 Å². The van der Waals surface area contributed by atoms with Crippen molar-refractivity contribution in [3.05, 3.63) is 23.3 Å². The molecular formula is C30H44O8. The molecule has 212 valence electrons. The lowest BCUT2D eigenvalue weighted by Gasteiger charge is -2.09. The largest absolute Gasteiger partial charge is 0.459 e. The smallest absolute Gasteiger partial charge is 0.333 e. The first kappa shape index (κ1) is 27.8. The number of hydrogen-bond acceptors (Lipinski definition) is 8. The lowest BCUT2D eigenvalue weighted by atomic mass is 9.93. The van der Waals surface area contributed by atoms with Crippen molar-refractivity contribution in [2.45, 2.75) is 140 Å². The van der Waals surface area contributed by atoms with E-state index in [9.17, 15) is 9.59 Å². The number of esters is 2. The molecule has 0 spiro atoms. The van der Waals surface area contributed by atoms with Gasteiger partial charge in [-0.3, -0.25) is 0 Å². The van der Waals surface area contributed by atoms with Crippen LogP contribution in [0.5, 0.6) is 0 Å². The molecule has 5 aliphatic heterocycles. The zero-order valence-electron chi connectivity index (χ0n) is 23.8. The van der Waals surface area contributed by atoms with Gasteiger partial charge in [-0.2, -0.15) is 0 Å². The highest BCUT2D eigenvalue weighted by Gasteiger charge is 2.58. The Bertz CT molecular complexity index is 940. The van der Waals surface area contributed by atoms with Crippen LogP contribution in [0.3, 0.4) is 0 Å². The Labute approximate surface area is 226 Å². The van der Waals surface area contributed by atoms with Crippen LogP contribution >= 0.6 is 0 Å². The van der Waals surface area contributed by atoms with Crippen LogP contribution in [0.4, 0.5) is 0 Å². The SMILES string of the molecule is C/C1=C\CC[C@@]2(C)O[C@@H]2CC[C@]2(C)O[C@@H]2COC(=O)/C(C)=C/CC[C@@]2(C)O[C@@H]2CC[C@@]2(C)O[C@H]2COC1=O. The van der Waals surface area contributed by atoms with Gasteiger partial charge in [0.05, 0.1) is 34.6 Å². The van der Waals surface area contributed by atoms with E-state index in [0.29, 0.717) is 11.1 Å². The number of fused-ring (bicyclic) bond motifs is 4. The predicted molar refractivity (Wildman–Crippen MR) is 139 cm³/mol. The Morgan fingerprint density at radius 3 is 1.32 bits per heavy atom. The molecule has 5 heterocycles. The molecule has 0 aliphatic carbocycles. The fourth-order valence-corrected chi connectivity index (χ4v) is 5.88. The fourth-order valence-electron chi connectivity index (χ4n) is 5.88. The first-order chi connectivity index (χ1) is 17.9. The van der Waals surface area contributed by atoms with E-state index in [1.165, 1.54) is 0 Å². The Morgan fingerprint density at radius 1 is 0.579 bits per heavy atom. The standard InChI is InChI=1S/C30H44O8/c1-19-9-7-13-27(3)21(35-27)11-16-30(6)24(38-30)18-34-26(32)20(2)10-8-14-28(4)22(36-28)12-15-29(5)23(37-29)17-33-25(19)31/h9-10,21-24H,7-8,11-18H2,1-6H3/b19-9+,20-10+/t21-,22-,23-,24+,27-,28-,29+,30-/m1/s1. The summed E-state index contributed by atoms with van der Waals surface area (Å²) in [6, 6.07) is 0. The van der Waals surface area contributed by atoms with Crippen molar-refractivity contribution in [1.82, 2.24) is 0 Å². The number of hydrogen-bond donors (Lipinski definition) is 0. The van der Waals surface area contributed by atoms with Gasteiger partial charge in [0.15, 0.2) is 0 Å². The summed E-state index contributed by atoms with van der Waals surface area (Å²) in [5, 5.41) is 0. The van der Waals surface area contributed by atoms with Gasteiger partial charge < -0.3 is 28.4 Å². The Balaban J connectivity index is 1.17. The van der Waals surface area contributed by atoms with Gasteiger partial charge >= 0.3 is 11.9 Å². The van der Waals surface area contributed by atoms with Crippen LogP contribution in [0.1, 0.15) is 92.9 Å². The minimum Gasteiger partial charge on any atom is -0.459 e. The number of epoxide rings is 4. The predicted octanol–water partition coefficient (Wildman–Crippen LogP) is 4.73. The maximum Gasteiger partial charge on any atom is 0.333 e. The Kier molecular flexibility index (Phi) is 7.34. The number of allylic oxidation sites excluding steroid dienone is 2. The molecule has 4 saturated heterocycles. The molecule has 0 radical (unpaired) electrons. The van der Waals surface area contributed by atoms with Crippen LogP contribution < -0.4 is 0 Å². The topological polar surface area (TPSA) is 103 Å². The van der Waals surface area contributed by atoms with Gasteiger partial charge in [0.1, 0.15) is 25.4 Å². The lowest BCUT2D eigenvalue weighted by molar-refractivity contribution is -0.140. The van der Waals surface area contributed by atoms with E-state index in [2.05, 4.69) is 27.7 Å². The van der Waals surface area contributed by atoms with Crippen LogP contribution in [-0.4, -0.2) is 72.0 Å². The first-order valence-electron chi connectivity index (χ1n) is 14.2. The molecule has 0 saturated carbocycles. The number of rotatable bonds is 0. The van der Waals surface area contributed by atoms with Crippen molar-refractivity contribution in [3.63, 3.8) is 0 Å². The summed E-state index contributed by atoms with van der Waals surface area (Å²) in [7, 11) is 0. The summed E-state index contributed by atoms with van der Waals surface area (Å²) in [6.45, 7) is 12.5. The molecule has 0 amide bonds. The molecule has 0 bridgehead atoms. The van der Waals surface area contributed by atoms with E-state index in [1.807, 2.05) is 12.2 Å². The summed E-state index contributed by atoms with van der Waals surface area (Å²) >= 11 is 0. The minimum absolute atomic E-state index is 0.0733. The third-order valence-electron chi connectivity index (χ3n) is 9.51. The van der Waals surface area contributed by atoms with E-state index in [4.69, 9.17) is 28.4 Å². The van der Waals surface area contributed by atoms with Gasteiger partial charge in [-0.1, -0.05) is 12.2 Å². The molecule has 0 aromatic rings. The molecule has 8 atom stereocenters. The molecule has 0 aromatic heterocycles. The summed E-state index contributed by atoms with van der Waals surface area (Å²) in [5.41, 5.74) is 0.348. The summed E-state index contributed by atoms with van der Waals surface area (Å²) < 4.78 is 34.9. The summed E-state index contributed by atoms with van der Waals surface area (Å²) in [5.74, 6) is -0.565. The first-order valence-corrected chi connectivity index (χ1v) is 14.2. The van der Waals surface area contributed by atoms with Crippen LogP contribution in [0.2, 0.25) is 0 Å². The maximum absolute atomic E-state index is 12.5. The van der Waals surface area contributed by atoms with Crippen molar-refractivity contribution in [2.24, 2.45) is 0 Å². The quantitative estimate of drug-likeness (QED) is 0.326. The van der Waals surface area contributed by atoms with Crippen molar-refractivity contribution >= 4 is 11.9 Å². The zero-order valence-corrected chi connectivity index (χ0v) is 23.8. The molecule has 5 rings (SSSR count). The highest BCUT2D eigenvalue weighted by molar-refractivity contribution is 5.88. The second kappa shape index (κ2) is 10.0. The number of carbonyl (C=O) groups is 2. The average molecular weight is 533 g/mol. The second-order valence-electron chi connectivity index (χ2n) is 12.8. The Hall–Kier alpha value is -1.74. The van der Waals surface area contributed by atoms with Gasteiger partial charge in [-0.05, 0) is 92.9 Å². The van der Waals surface area contributed by atoms with Crippen molar-refractivity contribution < 1.29 is 38.0 Å². The molecule has 0 unspecified atom stereocenters. The fraction of sp³-hybridized carbons (Fsp3) is 0.800. The number of carbonyl (C=O) groups excluding carboxylic acids is 2. The van der Waals surface area contributed by atoms with Crippen LogP contribution in [0.15, 0.2) is 23.3 Å². The monoisotopic (exact) mass is 532 g/mol. The number of ether oxygens (including phenoxy) is 6. The minimum atomic E-state index is -0.283. The highest BCUT2D eigenvalue weighted by Crippen LogP contribution is 2.49. The molecule has 38 heavy (non-hydrogen) atoms. The Morgan fingerprint density at radius 2 is 0.921 bits per heavy atom. The van der Waals surface area contributed by atoms with E-state index < -0.39 is 0 Å². The molecule has 8 heteroatoms. The van der Waals surface area contributed by atoms with E-state index >= 15 is 0 Å². The molecule has 0 aromatic carbocycles. The normalized spacial score (nSPS) is 49.2. The average Bonchev–Trinajstić information content (AvgIpc) is 3.80. The molecule has 4 fully saturated rings. The summed E-state index contributed by atoms with van der Waals surface area (Å²) in [6.07, 6.45) is 10.8. The molecule has 5 aliphatic rings. The van der Waals surface area contributed by atoms with Crippen molar-refractivity contribution in [1.29, 1.82) is 0 Å². The molecule has 8 nitrogen and oxygen atoms in total. The van der Waals surface area contributed by atoms with E-state index in [-0.39, 0.29) is 72.0 Å². The molecule has 0 N–H and O–H groups in total. The van der Waals surface area contributed by atoms with Gasteiger partial charge in [0.2, 0.25) is 0 Å². The third kappa shape index (κ3) is 6.19. The second-order valence-corrected chi connectivity index (χ2v) is 12.8. The summed E-state index contributed by atoms with van der Waals surface area (Å²) in [4.78, 5) is 25.0. The van der Waals surface area contributed by atoms with Crippen molar-refractivity contribution in [3.8, 4) is 0 Å².